The maximum absolute atomic E-state index is 13.6. The molecule has 1 atom stereocenters. The van der Waals surface area contributed by atoms with Crippen LogP contribution in [-0.2, 0) is 15.8 Å². The van der Waals surface area contributed by atoms with Crippen molar-refractivity contribution in [2.24, 2.45) is 0 Å². The van der Waals surface area contributed by atoms with Gasteiger partial charge >= 0.3 is 59.1 Å². The van der Waals surface area contributed by atoms with Crippen LogP contribution in [0.3, 0.4) is 0 Å². The Morgan fingerprint density at radius 3 is 2.72 bits per heavy atom. The van der Waals surface area contributed by atoms with Gasteiger partial charge in [0.15, 0.2) is 5.01 Å². The topological polar surface area (TPSA) is 128 Å². The molecule has 2 aromatic heterocycles. The maximum atomic E-state index is 13.6. The molecule has 3 aromatic rings. The Morgan fingerprint density at radius 2 is 2.10 bits per heavy atom. The number of ketones is 1. The SMILES string of the molecule is CC[C@H](O)c1csc(C(=O)c2cn(COP(=O)([O-])[O-])c3cc(F)ccc23)n1.[Na+].[Na+]. The van der Waals surface area contributed by atoms with Gasteiger partial charge in [0.05, 0.1) is 30.7 Å². The molecule has 0 radical (unpaired) electrons. The van der Waals surface area contributed by atoms with Crippen molar-refractivity contribution in [3.05, 3.63) is 51.9 Å². The Morgan fingerprint density at radius 1 is 1.41 bits per heavy atom. The number of hydrogen-bond donors (Lipinski definition) is 1. The van der Waals surface area contributed by atoms with Crippen LogP contribution in [0.4, 0.5) is 4.39 Å². The summed E-state index contributed by atoms with van der Waals surface area (Å²) in [4.78, 5) is 38.4. The number of nitrogens with zero attached hydrogens (tertiary/aromatic N) is 2. The van der Waals surface area contributed by atoms with Gasteiger partial charge in [0, 0.05) is 17.0 Å². The van der Waals surface area contributed by atoms with E-state index in [1.807, 2.05) is 0 Å². The third kappa shape index (κ3) is 6.52. The molecule has 8 nitrogen and oxygen atoms in total. The molecule has 0 spiro atoms. The number of rotatable bonds is 7. The first-order valence-electron chi connectivity index (χ1n) is 7.82. The number of thiazole rings is 1. The van der Waals surface area contributed by atoms with E-state index >= 15 is 0 Å². The molecule has 0 bridgehead atoms. The Kier molecular flexibility index (Phi) is 10.4. The molecule has 0 saturated heterocycles. The Hall–Kier alpha value is 0.0600. The molecule has 0 unspecified atom stereocenters. The van der Waals surface area contributed by atoms with Crippen molar-refractivity contribution in [2.45, 2.75) is 26.2 Å². The normalized spacial score (nSPS) is 12.3. The van der Waals surface area contributed by atoms with Crippen molar-refractivity contribution in [1.29, 1.82) is 0 Å². The van der Waals surface area contributed by atoms with E-state index in [4.69, 9.17) is 0 Å². The van der Waals surface area contributed by atoms with Gasteiger partial charge in [0.25, 0.3) is 0 Å². The number of benzene rings is 1. The predicted molar refractivity (Wildman–Crippen MR) is 91.4 cm³/mol. The minimum atomic E-state index is -5.24. The summed E-state index contributed by atoms with van der Waals surface area (Å²) in [6.07, 6.45) is 0.937. The molecule has 3 rings (SSSR count). The number of halogens is 1. The fourth-order valence-corrected chi connectivity index (χ4v) is 3.64. The number of phosphoric acid groups is 1. The van der Waals surface area contributed by atoms with Crippen molar-refractivity contribution >= 4 is 35.8 Å². The number of carbonyl (C=O) groups is 1. The van der Waals surface area contributed by atoms with Crippen LogP contribution in [0.1, 0.15) is 40.5 Å². The van der Waals surface area contributed by atoms with Crippen LogP contribution in [0.5, 0.6) is 0 Å². The van der Waals surface area contributed by atoms with E-state index in [9.17, 15) is 28.6 Å². The van der Waals surface area contributed by atoms with Crippen molar-refractivity contribution in [2.75, 3.05) is 0 Å². The van der Waals surface area contributed by atoms with Crippen molar-refractivity contribution < 1.29 is 92.3 Å². The van der Waals surface area contributed by atoms with E-state index in [2.05, 4.69) is 9.51 Å². The van der Waals surface area contributed by atoms with Crippen LogP contribution in [0.15, 0.2) is 29.8 Å². The number of aromatic nitrogens is 2. The Bertz CT molecular complexity index is 1050. The summed E-state index contributed by atoms with van der Waals surface area (Å²) in [5.74, 6) is -1.08. The smallest absolute Gasteiger partial charge is 0.790 e. The van der Waals surface area contributed by atoms with Crippen LogP contribution >= 0.6 is 19.2 Å². The number of aliphatic hydroxyl groups is 1. The van der Waals surface area contributed by atoms with Crippen LogP contribution in [0.2, 0.25) is 0 Å². The van der Waals surface area contributed by atoms with Gasteiger partial charge in [0.2, 0.25) is 5.78 Å². The van der Waals surface area contributed by atoms with Crippen molar-refractivity contribution in [3.8, 4) is 0 Å². The number of phosphoric ester groups is 1. The molecule has 2 heterocycles. The molecule has 1 aromatic carbocycles. The fraction of sp³-hybridized carbons (Fsp3) is 0.250. The molecule has 29 heavy (non-hydrogen) atoms. The second-order valence-corrected chi connectivity index (χ2v) is 7.72. The van der Waals surface area contributed by atoms with Crippen LogP contribution in [0.25, 0.3) is 10.9 Å². The predicted octanol–water partition coefficient (Wildman–Crippen LogP) is -4.28. The van der Waals surface area contributed by atoms with Crippen LogP contribution in [-0.4, -0.2) is 20.4 Å². The molecular weight excluding hydrogens is 444 g/mol. The summed E-state index contributed by atoms with van der Waals surface area (Å²) >= 11 is 1.06. The summed E-state index contributed by atoms with van der Waals surface area (Å²) in [7, 11) is -5.24. The first kappa shape index (κ1) is 27.1. The first-order chi connectivity index (χ1) is 12.7. The monoisotopic (exact) mass is 458 g/mol. The minimum Gasteiger partial charge on any atom is -0.790 e. The molecule has 144 valence electrons. The summed E-state index contributed by atoms with van der Waals surface area (Å²) in [6, 6.07) is 3.63. The maximum Gasteiger partial charge on any atom is 1.00 e. The fourth-order valence-electron chi connectivity index (χ4n) is 2.55. The molecular formula is C16H14FN2Na2O6PS. The van der Waals surface area contributed by atoms with E-state index in [0.717, 1.165) is 28.0 Å². The van der Waals surface area contributed by atoms with E-state index in [1.165, 1.54) is 12.3 Å². The van der Waals surface area contributed by atoms with E-state index < -0.39 is 32.3 Å². The quantitative estimate of drug-likeness (QED) is 0.216. The zero-order valence-electron chi connectivity index (χ0n) is 16.0. The van der Waals surface area contributed by atoms with Crippen molar-refractivity contribution in [1.82, 2.24) is 9.55 Å². The third-order valence-corrected chi connectivity index (χ3v) is 5.18. The molecule has 13 heteroatoms. The van der Waals surface area contributed by atoms with Gasteiger partial charge in [-0.1, -0.05) is 6.92 Å². The summed E-state index contributed by atoms with van der Waals surface area (Å²) in [5, 5.41) is 11.9. The molecule has 0 saturated carbocycles. The molecule has 0 amide bonds. The van der Waals surface area contributed by atoms with Gasteiger partial charge in [-0.05, 0) is 24.6 Å². The molecule has 1 N–H and O–H groups in total. The first-order valence-corrected chi connectivity index (χ1v) is 10.2. The van der Waals surface area contributed by atoms with Gasteiger partial charge in [-0.2, -0.15) is 0 Å². The third-order valence-electron chi connectivity index (χ3n) is 3.89. The summed E-state index contributed by atoms with van der Waals surface area (Å²) < 4.78 is 29.7. The van der Waals surface area contributed by atoms with E-state index in [0.29, 0.717) is 17.5 Å². The number of aliphatic hydroxyl groups excluding tert-OH is 1. The zero-order chi connectivity index (χ0) is 19.8. The second kappa shape index (κ2) is 11.1. The van der Waals surface area contributed by atoms with E-state index in [-0.39, 0.29) is 75.2 Å². The van der Waals surface area contributed by atoms with Crippen LogP contribution < -0.4 is 68.9 Å². The second-order valence-electron chi connectivity index (χ2n) is 5.71. The minimum absolute atomic E-state index is 0. The standard InChI is InChI=1S/C16H16FN2O6PS.2Na/c1-2-14(20)12-7-27-16(18-12)15(21)11-6-19(8-25-26(22,23)24)13-5-9(17)3-4-10(11)13;;/h3-7,14,20H,2,8H2,1H3,(H2,22,23,24);;/q;2*+1/p-2/t14-;;/m0../s1. The van der Waals surface area contributed by atoms with Gasteiger partial charge in [-0.25, -0.2) is 9.37 Å². The van der Waals surface area contributed by atoms with Gasteiger partial charge < -0.3 is 28.5 Å². The average Bonchev–Trinajstić information content (AvgIpc) is 3.23. The van der Waals surface area contributed by atoms with Gasteiger partial charge in [-0.15, -0.1) is 11.3 Å². The molecule has 0 aliphatic carbocycles. The van der Waals surface area contributed by atoms with Gasteiger partial charge in [0.1, 0.15) is 12.5 Å². The number of carbonyl (C=O) groups excluding carboxylic acids is 1. The largest absolute Gasteiger partial charge is 1.00 e. The Labute approximate surface area is 213 Å². The average molecular weight is 458 g/mol. The molecule has 0 aliphatic rings. The van der Waals surface area contributed by atoms with Gasteiger partial charge in [-0.3, -0.25) is 4.79 Å². The zero-order valence-corrected chi connectivity index (χ0v) is 21.7. The Balaban J connectivity index is 0.00000210. The number of hydrogen-bond acceptors (Lipinski definition) is 8. The summed E-state index contributed by atoms with van der Waals surface area (Å²) in [5.41, 5.74) is 0.715. The van der Waals surface area contributed by atoms with Crippen molar-refractivity contribution in [3.63, 3.8) is 0 Å². The molecule has 0 fully saturated rings. The summed E-state index contributed by atoms with van der Waals surface area (Å²) in [6.45, 7) is 1.09. The number of fused-ring (bicyclic) bond motifs is 1. The van der Waals surface area contributed by atoms with E-state index in [1.54, 1.807) is 12.3 Å². The van der Waals surface area contributed by atoms with Crippen LogP contribution in [0, 0.1) is 5.82 Å². The molecule has 0 aliphatic heterocycles.